The minimum absolute atomic E-state index is 0.206. The third-order valence-corrected chi connectivity index (χ3v) is 6.73. The van der Waals surface area contributed by atoms with E-state index in [1.54, 1.807) is 7.11 Å². The Morgan fingerprint density at radius 1 is 0.838 bits per heavy atom. The lowest BCUT2D eigenvalue weighted by molar-refractivity contribution is -0.253. The average molecular weight is 501 g/mol. The van der Waals surface area contributed by atoms with E-state index in [-0.39, 0.29) is 18.3 Å². The lowest BCUT2D eigenvalue weighted by Crippen LogP contribution is -2.57. The third-order valence-electron chi connectivity index (χ3n) is 6.73. The van der Waals surface area contributed by atoms with Gasteiger partial charge in [0.2, 0.25) is 0 Å². The molecule has 0 aromatic heterocycles. The fourth-order valence-corrected chi connectivity index (χ4v) is 4.59. The summed E-state index contributed by atoms with van der Waals surface area (Å²) in [5.74, 6) is 3.61. The average Bonchev–Trinajstić information content (AvgIpc) is 2.93. The topological polar surface area (TPSA) is 46.2 Å². The number of terminal acetylenes is 1. The maximum atomic E-state index is 6.65. The van der Waals surface area contributed by atoms with Gasteiger partial charge in [0.05, 0.1) is 45.7 Å². The van der Waals surface area contributed by atoms with E-state index >= 15 is 0 Å². The molecule has 0 saturated carbocycles. The van der Waals surface area contributed by atoms with Gasteiger partial charge < -0.3 is 23.7 Å². The Hall–Kier alpha value is -3.14. The van der Waals surface area contributed by atoms with E-state index in [4.69, 9.17) is 30.1 Å². The molecule has 0 spiro atoms. The Bertz CT molecular complexity index is 1110. The van der Waals surface area contributed by atoms with Crippen molar-refractivity contribution in [3.05, 3.63) is 102 Å². The largest absolute Gasteiger partial charge is 0.497 e. The summed E-state index contributed by atoms with van der Waals surface area (Å²) in [6.45, 7) is 3.87. The Balaban J connectivity index is 1.46. The summed E-state index contributed by atoms with van der Waals surface area (Å²) in [6.07, 6.45) is 6.14. The van der Waals surface area contributed by atoms with Gasteiger partial charge in [0.15, 0.2) is 0 Å². The Morgan fingerprint density at radius 3 is 2.05 bits per heavy atom. The molecule has 1 saturated heterocycles. The van der Waals surface area contributed by atoms with Crippen molar-refractivity contribution in [1.82, 2.24) is 0 Å². The van der Waals surface area contributed by atoms with Crippen molar-refractivity contribution in [3.63, 3.8) is 0 Å². The molecular weight excluding hydrogens is 464 g/mol. The maximum absolute atomic E-state index is 6.65. The lowest BCUT2D eigenvalue weighted by atomic mass is 9.85. The lowest BCUT2D eigenvalue weighted by Gasteiger charge is -2.47. The standard InChI is InChI=1S/C32H36O5/c1-4-19-32(2)31(36-23-27-15-17-28(33-3)18-16-27)20-29(35-22-26-13-9-6-10-14-26)30(37-32)24-34-21-25-11-7-5-8-12-25/h1,5-18,29-31H,19-24H2,2-3H3/t29-,30+,31+,32-/m0/s1. The maximum Gasteiger partial charge on any atom is 0.118 e. The van der Waals surface area contributed by atoms with Crippen LogP contribution in [0.15, 0.2) is 84.9 Å². The van der Waals surface area contributed by atoms with Crippen LogP contribution in [0.3, 0.4) is 0 Å². The van der Waals surface area contributed by atoms with Crippen LogP contribution in [0.2, 0.25) is 0 Å². The first-order valence-corrected chi connectivity index (χ1v) is 12.7. The second-order valence-electron chi connectivity index (χ2n) is 9.57. The minimum atomic E-state index is -0.658. The van der Waals surface area contributed by atoms with Crippen LogP contribution in [0.4, 0.5) is 0 Å². The molecule has 1 heterocycles. The van der Waals surface area contributed by atoms with Crippen molar-refractivity contribution in [3.8, 4) is 18.1 Å². The van der Waals surface area contributed by atoms with Crippen LogP contribution < -0.4 is 4.74 Å². The molecule has 194 valence electrons. The zero-order valence-electron chi connectivity index (χ0n) is 21.7. The van der Waals surface area contributed by atoms with Gasteiger partial charge in [0.25, 0.3) is 0 Å². The van der Waals surface area contributed by atoms with Crippen molar-refractivity contribution in [2.75, 3.05) is 13.7 Å². The molecule has 4 atom stereocenters. The number of hydrogen-bond donors (Lipinski definition) is 0. The van der Waals surface area contributed by atoms with Crippen LogP contribution in [-0.2, 0) is 38.8 Å². The number of ether oxygens (including phenoxy) is 5. The van der Waals surface area contributed by atoms with Crippen molar-refractivity contribution >= 4 is 0 Å². The van der Waals surface area contributed by atoms with Crippen molar-refractivity contribution in [2.45, 2.75) is 63.5 Å². The van der Waals surface area contributed by atoms with E-state index in [1.165, 1.54) is 0 Å². The van der Waals surface area contributed by atoms with Gasteiger partial charge in [-0.15, -0.1) is 12.3 Å². The SMILES string of the molecule is C#CC[C@]1(C)O[C@H](COCc2ccccc2)[C@@H](OCc2ccccc2)C[C@H]1OCc1ccc(OC)cc1. The first-order chi connectivity index (χ1) is 18.1. The van der Waals surface area contributed by atoms with Crippen LogP contribution >= 0.6 is 0 Å². The zero-order valence-corrected chi connectivity index (χ0v) is 21.7. The normalized spacial score (nSPS) is 23.3. The van der Waals surface area contributed by atoms with Crippen LogP contribution in [0, 0.1) is 12.3 Å². The highest BCUT2D eigenvalue weighted by molar-refractivity contribution is 5.26. The number of benzene rings is 3. The third kappa shape index (κ3) is 7.67. The summed E-state index contributed by atoms with van der Waals surface area (Å²) in [4.78, 5) is 0. The summed E-state index contributed by atoms with van der Waals surface area (Å²) in [6, 6.07) is 28.2. The molecule has 4 rings (SSSR count). The summed E-state index contributed by atoms with van der Waals surface area (Å²) in [5, 5.41) is 0. The number of methoxy groups -OCH3 is 1. The molecule has 3 aromatic rings. The van der Waals surface area contributed by atoms with Crippen LogP contribution in [-0.4, -0.2) is 37.6 Å². The second kappa shape index (κ2) is 13.4. The van der Waals surface area contributed by atoms with Crippen LogP contribution in [0.1, 0.15) is 36.5 Å². The highest BCUT2D eigenvalue weighted by Gasteiger charge is 2.47. The monoisotopic (exact) mass is 500 g/mol. The molecule has 0 radical (unpaired) electrons. The van der Waals surface area contributed by atoms with Crippen molar-refractivity contribution in [1.29, 1.82) is 0 Å². The zero-order chi connectivity index (χ0) is 25.9. The van der Waals surface area contributed by atoms with Gasteiger partial charge in [0.1, 0.15) is 17.5 Å². The summed E-state index contributed by atoms with van der Waals surface area (Å²) in [5.41, 5.74) is 2.62. The van der Waals surface area contributed by atoms with Crippen LogP contribution in [0.5, 0.6) is 5.75 Å². The first-order valence-electron chi connectivity index (χ1n) is 12.7. The van der Waals surface area contributed by atoms with E-state index in [1.807, 2.05) is 67.6 Å². The molecule has 0 aliphatic carbocycles. The molecule has 1 fully saturated rings. The van der Waals surface area contributed by atoms with Gasteiger partial charge in [-0.05, 0) is 35.7 Å². The highest BCUT2D eigenvalue weighted by atomic mass is 16.6. The Morgan fingerprint density at radius 2 is 1.43 bits per heavy atom. The summed E-state index contributed by atoms with van der Waals surface area (Å²) < 4.78 is 30.9. The molecule has 1 aliphatic heterocycles. The van der Waals surface area contributed by atoms with E-state index in [0.717, 1.165) is 22.4 Å². The molecule has 1 aliphatic rings. The van der Waals surface area contributed by atoms with Gasteiger partial charge in [0, 0.05) is 12.8 Å². The van der Waals surface area contributed by atoms with Gasteiger partial charge in [-0.25, -0.2) is 0 Å². The Labute approximate surface area is 220 Å². The quantitative estimate of drug-likeness (QED) is 0.288. The summed E-state index contributed by atoms with van der Waals surface area (Å²) in [7, 11) is 1.66. The molecule has 5 heteroatoms. The molecule has 3 aromatic carbocycles. The molecule has 0 bridgehead atoms. The minimum Gasteiger partial charge on any atom is -0.497 e. The first kappa shape index (κ1) is 26.9. The predicted octanol–water partition coefficient (Wildman–Crippen LogP) is 5.95. The molecular formula is C32H36O5. The fraction of sp³-hybridized carbons (Fsp3) is 0.375. The van der Waals surface area contributed by atoms with Gasteiger partial charge in [-0.3, -0.25) is 0 Å². The number of rotatable bonds is 12. The van der Waals surface area contributed by atoms with Crippen LogP contribution in [0.25, 0.3) is 0 Å². The predicted molar refractivity (Wildman–Crippen MR) is 144 cm³/mol. The fourth-order valence-electron chi connectivity index (χ4n) is 4.59. The van der Waals surface area contributed by atoms with Gasteiger partial charge >= 0.3 is 0 Å². The highest BCUT2D eigenvalue weighted by Crippen LogP contribution is 2.36. The van der Waals surface area contributed by atoms with E-state index in [9.17, 15) is 0 Å². The molecule has 0 unspecified atom stereocenters. The van der Waals surface area contributed by atoms with Gasteiger partial charge in [-0.1, -0.05) is 72.8 Å². The van der Waals surface area contributed by atoms with Crippen molar-refractivity contribution in [2.24, 2.45) is 0 Å². The molecule has 37 heavy (non-hydrogen) atoms. The molecule has 0 N–H and O–H groups in total. The second-order valence-corrected chi connectivity index (χ2v) is 9.57. The Kier molecular flexibility index (Phi) is 9.76. The van der Waals surface area contributed by atoms with Gasteiger partial charge in [-0.2, -0.15) is 0 Å². The summed E-state index contributed by atoms with van der Waals surface area (Å²) >= 11 is 0. The van der Waals surface area contributed by atoms with E-state index < -0.39 is 5.60 Å². The number of hydrogen-bond acceptors (Lipinski definition) is 5. The molecule has 5 nitrogen and oxygen atoms in total. The molecule has 0 amide bonds. The smallest absolute Gasteiger partial charge is 0.118 e. The van der Waals surface area contributed by atoms with E-state index in [0.29, 0.717) is 39.3 Å². The van der Waals surface area contributed by atoms with Crippen molar-refractivity contribution < 1.29 is 23.7 Å². The van der Waals surface area contributed by atoms with E-state index in [2.05, 4.69) is 30.2 Å².